The van der Waals surface area contributed by atoms with E-state index in [9.17, 15) is 0 Å². The van der Waals surface area contributed by atoms with Gasteiger partial charge in [0.1, 0.15) is 0 Å². The van der Waals surface area contributed by atoms with Gasteiger partial charge in [0.15, 0.2) is 0 Å². The van der Waals surface area contributed by atoms with Crippen molar-refractivity contribution in [1.82, 2.24) is 0 Å². The summed E-state index contributed by atoms with van der Waals surface area (Å²) >= 11 is -5.57. The van der Waals surface area contributed by atoms with Crippen molar-refractivity contribution >= 4 is 72.6 Å². The van der Waals surface area contributed by atoms with Gasteiger partial charge < -0.3 is 0 Å². The van der Waals surface area contributed by atoms with Crippen LogP contribution in [0, 0.1) is 0 Å². The molecule has 7 rings (SSSR count). The van der Waals surface area contributed by atoms with E-state index in [1.165, 1.54) is 25.7 Å². The Hall–Kier alpha value is -1.00. The van der Waals surface area contributed by atoms with Crippen LogP contribution in [0.4, 0.5) is 0 Å². The van der Waals surface area contributed by atoms with Crippen LogP contribution >= 0.6 is 0 Å². The van der Waals surface area contributed by atoms with E-state index in [2.05, 4.69) is 68.3 Å². The molecule has 4 aromatic rings. The zero-order valence-electron chi connectivity index (χ0n) is 18.4. The van der Waals surface area contributed by atoms with Crippen molar-refractivity contribution in [2.24, 2.45) is 0 Å². The molecule has 0 aromatic heterocycles. The predicted molar refractivity (Wildman–Crippen MR) is 136 cm³/mol. The zero-order valence-corrected chi connectivity index (χ0v) is 24.2. The molecule has 148 valence electrons. The van der Waals surface area contributed by atoms with Gasteiger partial charge in [0.05, 0.1) is 0 Å². The molecule has 1 aliphatic heterocycles. The SMILES string of the molecule is [CH3][Sn]1([CH3])[c]2ccc3c4c(cc[c](c24)[Sn]([CH3])([CH3])[c]2ccc4c5c(cc[c]1c25)CC4)CC3. The van der Waals surface area contributed by atoms with Gasteiger partial charge in [-0.1, -0.05) is 0 Å². The second-order valence-electron chi connectivity index (χ2n) is 10.8. The normalized spacial score (nSPS) is 19.3. The minimum atomic E-state index is -2.78. The van der Waals surface area contributed by atoms with Gasteiger partial charge in [-0.25, -0.2) is 0 Å². The molecule has 0 spiro atoms. The van der Waals surface area contributed by atoms with Crippen LogP contribution in [0.25, 0.3) is 21.5 Å². The van der Waals surface area contributed by atoms with E-state index in [0.29, 0.717) is 0 Å². The Bertz CT molecular complexity index is 1230. The van der Waals surface area contributed by atoms with Crippen molar-refractivity contribution in [3.8, 4) is 0 Å². The fraction of sp³-hybridized carbons (Fsp3) is 0.286. The Morgan fingerprint density at radius 3 is 0.933 bits per heavy atom. The van der Waals surface area contributed by atoms with Crippen molar-refractivity contribution in [3.63, 3.8) is 0 Å². The molecule has 0 unspecified atom stereocenters. The zero-order chi connectivity index (χ0) is 20.4. The van der Waals surface area contributed by atoms with E-state index in [0.717, 1.165) is 0 Å². The number of benzene rings is 4. The van der Waals surface area contributed by atoms with E-state index in [-0.39, 0.29) is 0 Å². The van der Waals surface area contributed by atoms with Gasteiger partial charge >= 0.3 is 189 Å². The summed E-state index contributed by atoms with van der Waals surface area (Å²) in [6.07, 6.45) is 4.95. The Balaban J connectivity index is 1.75. The first-order valence-electron chi connectivity index (χ1n) is 11.6. The second kappa shape index (κ2) is 5.86. The van der Waals surface area contributed by atoms with Crippen molar-refractivity contribution in [3.05, 3.63) is 70.8 Å². The Kier molecular flexibility index (Phi) is 3.63. The van der Waals surface area contributed by atoms with Gasteiger partial charge in [0.2, 0.25) is 0 Å². The maximum atomic E-state index is 2.69. The van der Waals surface area contributed by atoms with Crippen molar-refractivity contribution in [2.75, 3.05) is 0 Å². The molecule has 2 heteroatoms. The molecular formula is C28H28Sn2. The third-order valence-corrected chi connectivity index (χ3v) is 28.8. The van der Waals surface area contributed by atoms with Crippen LogP contribution in [0.15, 0.2) is 48.5 Å². The van der Waals surface area contributed by atoms with Crippen LogP contribution in [0.3, 0.4) is 0 Å². The van der Waals surface area contributed by atoms with Crippen molar-refractivity contribution in [2.45, 2.75) is 45.4 Å². The molecule has 0 nitrogen and oxygen atoms in total. The van der Waals surface area contributed by atoms with Gasteiger partial charge in [-0.05, 0) is 0 Å². The van der Waals surface area contributed by atoms with Crippen LogP contribution in [0.5, 0.6) is 0 Å². The molecule has 0 bridgehead atoms. The summed E-state index contributed by atoms with van der Waals surface area (Å²) in [5.74, 6) is 0. The summed E-state index contributed by atoms with van der Waals surface area (Å²) in [5, 5.41) is 6.78. The summed E-state index contributed by atoms with van der Waals surface area (Å²) in [5.41, 5.74) is 6.46. The summed E-state index contributed by atoms with van der Waals surface area (Å²) < 4.78 is 7.10. The molecule has 3 aliphatic rings. The maximum absolute atomic E-state index is 2.78. The predicted octanol–water partition coefficient (Wildman–Crippen LogP) is 4.15. The molecule has 0 amide bonds. The summed E-state index contributed by atoms with van der Waals surface area (Å²) in [6, 6.07) is 20.4. The first kappa shape index (κ1) is 18.6. The van der Waals surface area contributed by atoms with Gasteiger partial charge in [0, 0.05) is 0 Å². The van der Waals surface area contributed by atoms with E-state index in [1.54, 1.807) is 58.1 Å². The molecule has 4 aromatic carbocycles. The van der Waals surface area contributed by atoms with Gasteiger partial charge in [-0.15, -0.1) is 0 Å². The average Bonchev–Trinajstić information content (AvgIpc) is 3.34. The summed E-state index contributed by atoms with van der Waals surface area (Å²) in [7, 11) is 0. The van der Waals surface area contributed by atoms with E-state index in [4.69, 9.17) is 0 Å². The number of hydrogen-bond acceptors (Lipinski definition) is 0. The second-order valence-corrected chi connectivity index (χ2v) is 35.5. The van der Waals surface area contributed by atoms with Gasteiger partial charge in [0.25, 0.3) is 0 Å². The summed E-state index contributed by atoms with van der Waals surface area (Å²) in [6.45, 7) is 0. The first-order chi connectivity index (χ1) is 14.4. The molecule has 30 heavy (non-hydrogen) atoms. The van der Waals surface area contributed by atoms with Crippen LogP contribution in [-0.4, -0.2) is 36.8 Å². The Morgan fingerprint density at radius 1 is 0.400 bits per heavy atom. The van der Waals surface area contributed by atoms with Crippen molar-refractivity contribution in [1.29, 1.82) is 0 Å². The molecule has 0 fully saturated rings. The fourth-order valence-corrected chi connectivity index (χ4v) is 26.5. The average molecular weight is 602 g/mol. The third-order valence-electron chi connectivity index (χ3n) is 8.69. The Morgan fingerprint density at radius 2 is 0.667 bits per heavy atom. The van der Waals surface area contributed by atoms with Crippen LogP contribution in [0.2, 0.25) is 19.8 Å². The number of rotatable bonds is 0. The molecule has 0 saturated heterocycles. The summed E-state index contributed by atoms with van der Waals surface area (Å²) in [4.78, 5) is 10.8. The number of aryl methyl sites for hydroxylation is 4. The van der Waals surface area contributed by atoms with Crippen LogP contribution in [-0.2, 0) is 25.7 Å². The van der Waals surface area contributed by atoms with Crippen molar-refractivity contribution < 1.29 is 0 Å². The number of hydrogen-bond donors (Lipinski definition) is 0. The van der Waals surface area contributed by atoms with Crippen LogP contribution < -0.4 is 14.3 Å². The van der Waals surface area contributed by atoms with E-state index >= 15 is 0 Å². The molecule has 0 atom stereocenters. The van der Waals surface area contributed by atoms with Crippen LogP contribution in [0.1, 0.15) is 22.3 Å². The fourth-order valence-electron chi connectivity index (χ4n) is 7.03. The monoisotopic (exact) mass is 604 g/mol. The van der Waals surface area contributed by atoms with E-state index < -0.39 is 36.8 Å². The van der Waals surface area contributed by atoms with Gasteiger partial charge in [-0.2, -0.15) is 0 Å². The first-order valence-corrected chi connectivity index (χ1v) is 28.7. The quantitative estimate of drug-likeness (QED) is 0.266. The molecule has 0 saturated carbocycles. The molecule has 0 radical (unpaired) electrons. The molecule has 1 heterocycles. The Labute approximate surface area is 187 Å². The van der Waals surface area contributed by atoms with E-state index in [1.807, 2.05) is 0 Å². The standard InChI is InChI=1S/2C12H8.4CH3.2Sn/c2*1-3-9-4-2-6-11-8-7-10(5-1)12(9)11;;;;;;/h2*1-2,5-6H,7-8H2;4*1H3;;. The molecule has 2 aliphatic carbocycles. The third kappa shape index (κ3) is 2.11. The minimum absolute atomic E-state index is 1.24. The molecule has 0 N–H and O–H groups in total. The molecular weight excluding hydrogens is 574 g/mol. The topological polar surface area (TPSA) is 0 Å². The van der Waals surface area contributed by atoms with Gasteiger partial charge in [-0.3, -0.25) is 0 Å².